The van der Waals surface area contributed by atoms with E-state index < -0.39 is 0 Å². The van der Waals surface area contributed by atoms with Crippen molar-refractivity contribution in [3.05, 3.63) is 58.5 Å². The molecule has 1 heterocycles. The summed E-state index contributed by atoms with van der Waals surface area (Å²) in [6, 6.07) is 13.4. The lowest BCUT2D eigenvalue weighted by atomic mass is 9.96. The van der Waals surface area contributed by atoms with Gasteiger partial charge >= 0.3 is 0 Å². The van der Waals surface area contributed by atoms with E-state index in [1.165, 1.54) is 24.1 Å². The van der Waals surface area contributed by atoms with Gasteiger partial charge in [0.1, 0.15) is 23.0 Å². The maximum absolute atomic E-state index is 10.8. The van der Waals surface area contributed by atoms with E-state index in [0.29, 0.717) is 11.3 Å². The van der Waals surface area contributed by atoms with Gasteiger partial charge in [0.05, 0.1) is 10.8 Å². The van der Waals surface area contributed by atoms with Crippen LogP contribution < -0.4 is 10.4 Å². The molecule has 1 atom stereocenters. The van der Waals surface area contributed by atoms with Crippen molar-refractivity contribution >= 4 is 23.6 Å². The minimum Gasteiger partial charge on any atom is -0.507 e. The van der Waals surface area contributed by atoms with Crippen LogP contribution in [0.15, 0.2) is 42.5 Å². The molecule has 1 aliphatic rings. The first-order chi connectivity index (χ1) is 14.5. The van der Waals surface area contributed by atoms with Crippen LogP contribution in [-0.4, -0.2) is 37.9 Å². The maximum atomic E-state index is 10.8. The van der Waals surface area contributed by atoms with E-state index in [1.807, 2.05) is 12.3 Å². The Morgan fingerprint density at radius 2 is 1.63 bits per heavy atom. The highest BCUT2D eigenvalue weighted by Crippen LogP contribution is 2.38. The maximum Gasteiger partial charge on any atom is 0.136 e. The Kier molecular flexibility index (Phi) is 5.44. The monoisotopic (exact) mass is 405 g/mol. The van der Waals surface area contributed by atoms with Crippen LogP contribution in [0.1, 0.15) is 31.2 Å². The van der Waals surface area contributed by atoms with Gasteiger partial charge in [-0.1, -0.05) is 36.9 Å². The lowest BCUT2D eigenvalue weighted by molar-refractivity contribution is 0.224. The van der Waals surface area contributed by atoms with Crippen LogP contribution in [0, 0.1) is 0 Å². The van der Waals surface area contributed by atoms with Crippen molar-refractivity contribution < 1.29 is 20.4 Å². The minimum atomic E-state index is -0.249. The molecule has 0 saturated carbocycles. The number of phenolic OH excluding ortho intramolecular Hbond substituents is 4. The van der Waals surface area contributed by atoms with E-state index >= 15 is 0 Å². The Hall–Kier alpha value is -3.34. The summed E-state index contributed by atoms with van der Waals surface area (Å²) in [6.07, 6.45) is 7.14. The number of phenols is 4. The van der Waals surface area contributed by atoms with Crippen molar-refractivity contribution in [2.24, 2.45) is 0 Å². The number of hydrogen-bond acceptors (Lipinski definition) is 5. The molecule has 1 aliphatic heterocycles. The third-order valence-corrected chi connectivity index (χ3v) is 6.00. The molecular weight excluding hydrogens is 378 g/mol. The zero-order valence-electron chi connectivity index (χ0n) is 16.9. The molecule has 4 N–H and O–H groups in total. The largest absolute Gasteiger partial charge is 0.507 e. The molecule has 0 aromatic heterocycles. The van der Waals surface area contributed by atoms with Gasteiger partial charge in [-0.3, -0.25) is 0 Å². The zero-order chi connectivity index (χ0) is 21.3. The molecule has 1 saturated heterocycles. The summed E-state index contributed by atoms with van der Waals surface area (Å²) in [5.74, 6) is -0.843. The van der Waals surface area contributed by atoms with Gasteiger partial charge in [-0.2, -0.15) is 0 Å². The molecule has 1 fully saturated rings. The molecule has 1 unspecified atom stereocenters. The fourth-order valence-corrected chi connectivity index (χ4v) is 4.39. The number of aromatic hydroxyl groups is 4. The number of nitrogens with zero attached hydrogens (tertiary/aromatic N) is 1. The van der Waals surface area contributed by atoms with Gasteiger partial charge in [-0.25, -0.2) is 0 Å². The second-order valence-corrected chi connectivity index (χ2v) is 8.03. The Morgan fingerprint density at radius 3 is 2.40 bits per heavy atom. The molecule has 0 aliphatic carbocycles. The fraction of sp³-hybridized carbons (Fsp3) is 0.280. The van der Waals surface area contributed by atoms with E-state index in [1.54, 1.807) is 0 Å². The molecule has 0 bridgehead atoms. The second-order valence-electron chi connectivity index (χ2n) is 8.03. The lowest BCUT2D eigenvalue weighted by Gasteiger charge is -2.35. The van der Waals surface area contributed by atoms with Crippen LogP contribution in [-0.2, 0) is 6.42 Å². The third-order valence-electron chi connectivity index (χ3n) is 6.00. The van der Waals surface area contributed by atoms with Gasteiger partial charge in [-0.15, -0.1) is 0 Å². The smallest absolute Gasteiger partial charge is 0.136 e. The van der Waals surface area contributed by atoms with Gasteiger partial charge in [0.2, 0.25) is 0 Å². The van der Waals surface area contributed by atoms with E-state index in [9.17, 15) is 20.4 Å². The topological polar surface area (TPSA) is 84.2 Å². The zero-order valence-corrected chi connectivity index (χ0v) is 16.9. The summed E-state index contributed by atoms with van der Waals surface area (Å²) in [4.78, 5) is 2.22. The number of aryl methyl sites for hydroxylation is 1. The quantitative estimate of drug-likeness (QED) is 0.501. The highest BCUT2D eigenvalue weighted by atomic mass is 16.3. The summed E-state index contributed by atoms with van der Waals surface area (Å²) < 4.78 is 0. The van der Waals surface area contributed by atoms with Crippen LogP contribution in [0.3, 0.4) is 0 Å². The highest BCUT2D eigenvalue weighted by molar-refractivity contribution is 6.01. The van der Waals surface area contributed by atoms with E-state index in [0.717, 1.165) is 32.2 Å². The van der Waals surface area contributed by atoms with E-state index in [-0.39, 0.29) is 39.0 Å². The van der Waals surface area contributed by atoms with Crippen molar-refractivity contribution in [2.45, 2.75) is 38.1 Å². The predicted molar refractivity (Wildman–Crippen MR) is 119 cm³/mol. The first kappa shape index (κ1) is 20.0. The average molecular weight is 405 g/mol. The normalized spacial score (nSPS) is 17.5. The average Bonchev–Trinajstić information content (AvgIpc) is 2.74. The third kappa shape index (κ3) is 3.75. The van der Waals surface area contributed by atoms with Crippen molar-refractivity contribution in [2.75, 3.05) is 6.54 Å². The number of benzene rings is 3. The van der Waals surface area contributed by atoms with Gasteiger partial charge in [-0.05, 0) is 49.8 Å². The summed E-state index contributed by atoms with van der Waals surface area (Å²) in [6.45, 7) is 4.52. The number of likely N-dealkylation sites (tertiary alicyclic amines) is 1. The Morgan fingerprint density at radius 1 is 0.933 bits per heavy atom. The van der Waals surface area contributed by atoms with Crippen LogP contribution >= 0.6 is 0 Å². The molecule has 30 heavy (non-hydrogen) atoms. The minimum absolute atomic E-state index is 0.00826. The number of fused-ring (bicyclic) bond motifs is 1. The number of rotatable bonds is 4. The molecule has 0 radical (unpaired) electrons. The number of piperidine rings is 1. The molecule has 0 amide bonds. The first-order valence-electron chi connectivity index (χ1n) is 10.4. The number of hydrogen-bond donors (Lipinski definition) is 4. The summed E-state index contributed by atoms with van der Waals surface area (Å²) >= 11 is 0. The van der Waals surface area contributed by atoms with Gasteiger partial charge in [0, 0.05) is 29.2 Å². The van der Waals surface area contributed by atoms with Crippen LogP contribution in [0.25, 0.3) is 23.6 Å². The Labute approximate surface area is 175 Å². The van der Waals surface area contributed by atoms with E-state index in [4.69, 9.17) is 0 Å². The molecule has 4 rings (SSSR count). The molecular formula is C25H27NO4. The van der Waals surface area contributed by atoms with Crippen LogP contribution in [0.4, 0.5) is 0 Å². The molecule has 3 aromatic rings. The van der Waals surface area contributed by atoms with Crippen molar-refractivity contribution in [1.29, 1.82) is 0 Å². The predicted octanol–water partition coefficient (Wildman–Crippen LogP) is 3.30. The second kappa shape index (κ2) is 8.19. The summed E-state index contributed by atoms with van der Waals surface area (Å²) in [5, 5.41) is 42.6. The molecule has 5 heteroatoms. The fourth-order valence-electron chi connectivity index (χ4n) is 4.39. The molecule has 3 aromatic carbocycles. The lowest BCUT2D eigenvalue weighted by Crippen LogP contribution is -2.36. The standard InChI is InChI=1S/C25H27NO4/c1-16-13-20(27)23-22(24(16)29)21(28)14-18(25(23)30)15-26-12-6-5-9-19(26)11-10-17-7-3-2-4-8-17/h2-4,7-8,13-15,19,27-30H,1,5-6,9-12H2. The van der Waals surface area contributed by atoms with Crippen LogP contribution in [0.5, 0.6) is 23.0 Å². The molecule has 5 nitrogen and oxygen atoms in total. The summed E-state index contributed by atoms with van der Waals surface area (Å²) in [5.41, 5.74) is 1.30. The highest BCUT2D eigenvalue weighted by Gasteiger charge is 2.21. The first-order valence-corrected chi connectivity index (χ1v) is 10.4. The Bertz CT molecular complexity index is 1170. The van der Waals surface area contributed by atoms with Gasteiger partial charge in [0.25, 0.3) is 0 Å². The van der Waals surface area contributed by atoms with Crippen LogP contribution in [0.2, 0.25) is 0 Å². The van der Waals surface area contributed by atoms with Gasteiger partial charge < -0.3 is 25.3 Å². The van der Waals surface area contributed by atoms with Crippen molar-refractivity contribution in [3.8, 4) is 23.0 Å². The summed E-state index contributed by atoms with van der Waals surface area (Å²) in [7, 11) is 0. The SMILES string of the molecule is C=c1cc(O)c2c(O)c(=CN3CCCCC3CCc3ccccc3)cc(O)c2c1O. The van der Waals surface area contributed by atoms with Gasteiger partial charge in [0.15, 0.2) is 0 Å². The van der Waals surface area contributed by atoms with Crippen molar-refractivity contribution in [1.82, 2.24) is 4.90 Å². The van der Waals surface area contributed by atoms with Crippen molar-refractivity contribution in [3.63, 3.8) is 0 Å². The molecule has 156 valence electrons. The Balaban J connectivity index is 1.72. The molecule has 0 spiro atoms. The van der Waals surface area contributed by atoms with E-state index in [2.05, 4.69) is 35.7 Å².